The van der Waals surface area contributed by atoms with Gasteiger partial charge >= 0.3 is 0 Å². The Bertz CT molecular complexity index is 582. The van der Waals surface area contributed by atoms with Gasteiger partial charge in [-0.2, -0.15) is 5.10 Å². The third-order valence-corrected chi connectivity index (χ3v) is 4.68. The van der Waals surface area contributed by atoms with Gasteiger partial charge in [0.15, 0.2) is 0 Å². The van der Waals surface area contributed by atoms with Crippen LogP contribution >= 0.6 is 0 Å². The van der Waals surface area contributed by atoms with Gasteiger partial charge in [-0.1, -0.05) is 0 Å². The van der Waals surface area contributed by atoms with Gasteiger partial charge in [0.05, 0.1) is 23.9 Å². The highest BCUT2D eigenvalue weighted by Crippen LogP contribution is 2.30. The molecule has 1 atom stereocenters. The summed E-state index contributed by atoms with van der Waals surface area (Å²) in [5.41, 5.74) is -0.529. The Hall–Kier alpha value is -1.54. The number of piperidine rings is 1. The van der Waals surface area contributed by atoms with Crippen LogP contribution in [0, 0.1) is 0 Å². The van der Waals surface area contributed by atoms with Crippen LogP contribution in [0.2, 0.25) is 0 Å². The smallest absolute Gasteiger partial charge is 0.257 e. The molecule has 2 aliphatic rings. The molecule has 2 fully saturated rings. The van der Waals surface area contributed by atoms with Crippen LogP contribution in [-0.2, 0) is 7.05 Å². The minimum absolute atomic E-state index is 0.154. The summed E-state index contributed by atoms with van der Waals surface area (Å²) in [5.74, 6) is -2.74. The number of amides is 1. The topological polar surface area (TPSA) is 61.6 Å². The fourth-order valence-electron chi connectivity index (χ4n) is 3.33. The Morgan fingerprint density at radius 3 is 2.61 bits per heavy atom. The fourth-order valence-corrected chi connectivity index (χ4v) is 3.33. The monoisotopic (exact) mass is 328 g/mol. The number of aliphatic hydroxyl groups is 1. The maximum atomic E-state index is 13.2. The summed E-state index contributed by atoms with van der Waals surface area (Å²) < 4.78 is 27.9. The third-order valence-electron chi connectivity index (χ3n) is 4.68. The maximum absolute atomic E-state index is 13.2. The first-order chi connectivity index (χ1) is 10.8. The normalized spacial score (nSPS) is 28.3. The van der Waals surface area contributed by atoms with E-state index < -0.39 is 11.5 Å². The number of halogens is 2. The van der Waals surface area contributed by atoms with Crippen molar-refractivity contribution in [2.24, 2.45) is 7.05 Å². The summed E-state index contributed by atoms with van der Waals surface area (Å²) in [4.78, 5) is 15.9. The van der Waals surface area contributed by atoms with E-state index in [1.165, 1.54) is 6.20 Å². The van der Waals surface area contributed by atoms with Gasteiger partial charge in [0.1, 0.15) is 0 Å². The van der Waals surface area contributed by atoms with E-state index in [4.69, 9.17) is 0 Å². The second-order valence-corrected chi connectivity index (χ2v) is 6.74. The predicted octanol–water partition coefficient (Wildman–Crippen LogP) is 0.728. The molecule has 1 aromatic heterocycles. The molecule has 1 unspecified atom stereocenters. The van der Waals surface area contributed by atoms with Gasteiger partial charge in [-0.15, -0.1) is 0 Å². The van der Waals surface area contributed by atoms with E-state index >= 15 is 0 Å². The van der Waals surface area contributed by atoms with E-state index in [1.807, 2.05) is 4.90 Å². The van der Waals surface area contributed by atoms with Crippen molar-refractivity contribution in [1.29, 1.82) is 0 Å². The Morgan fingerprint density at radius 2 is 2.00 bits per heavy atom. The lowest BCUT2D eigenvalue weighted by molar-refractivity contribution is -0.0720. The van der Waals surface area contributed by atoms with Crippen LogP contribution < -0.4 is 0 Å². The summed E-state index contributed by atoms with van der Waals surface area (Å²) in [6.45, 7) is 1.60. The Morgan fingerprint density at radius 1 is 1.30 bits per heavy atom. The predicted molar refractivity (Wildman–Crippen MR) is 79.3 cm³/mol. The van der Waals surface area contributed by atoms with E-state index in [0.717, 1.165) is 0 Å². The molecule has 23 heavy (non-hydrogen) atoms. The molecule has 0 spiro atoms. The van der Waals surface area contributed by atoms with Gasteiger partial charge in [0.25, 0.3) is 11.8 Å². The molecular formula is C15H22F2N4O2. The lowest BCUT2D eigenvalue weighted by Gasteiger charge is -2.36. The maximum Gasteiger partial charge on any atom is 0.257 e. The number of hydrogen-bond donors (Lipinski definition) is 1. The number of nitrogens with zero attached hydrogens (tertiary/aromatic N) is 4. The Kier molecular flexibility index (Phi) is 4.14. The quantitative estimate of drug-likeness (QED) is 0.889. The van der Waals surface area contributed by atoms with Crippen LogP contribution in [0.25, 0.3) is 0 Å². The molecule has 3 heterocycles. The first kappa shape index (κ1) is 16.3. The molecule has 2 saturated heterocycles. The molecule has 3 rings (SSSR count). The molecule has 1 N–H and O–H groups in total. The van der Waals surface area contributed by atoms with Crippen LogP contribution in [0.1, 0.15) is 29.6 Å². The summed E-state index contributed by atoms with van der Waals surface area (Å²) in [7, 11) is 1.74. The van der Waals surface area contributed by atoms with Gasteiger partial charge in [0, 0.05) is 52.3 Å². The van der Waals surface area contributed by atoms with Crippen molar-refractivity contribution in [2.75, 3.05) is 32.7 Å². The molecule has 1 aromatic rings. The van der Waals surface area contributed by atoms with Crippen molar-refractivity contribution in [3.05, 3.63) is 18.0 Å². The molecule has 0 bridgehead atoms. The lowest BCUT2D eigenvalue weighted by atomic mass is 10.00. The fraction of sp³-hybridized carbons (Fsp3) is 0.733. The summed E-state index contributed by atoms with van der Waals surface area (Å²) in [6, 6.07) is 0. The molecule has 0 saturated carbocycles. The molecule has 6 nitrogen and oxygen atoms in total. The van der Waals surface area contributed by atoms with Crippen LogP contribution in [0.3, 0.4) is 0 Å². The third kappa shape index (κ3) is 3.69. The van der Waals surface area contributed by atoms with Crippen molar-refractivity contribution >= 4 is 5.91 Å². The van der Waals surface area contributed by atoms with E-state index in [0.29, 0.717) is 25.1 Å². The number of aromatic nitrogens is 2. The zero-order valence-corrected chi connectivity index (χ0v) is 13.2. The van der Waals surface area contributed by atoms with E-state index in [9.17, 15) is 18.7 Å². The second-order valence-electron chi connectivity index (χ2n) is 6.74. The van der Waals surface area contributed by atoms with E-state index in [-0.39, 0.29) is 38.4 Å². The minimum atomic E-state index is -2.59. The average Bonchev–Trinajstić information content (AvgIpc) is 3.07. The van der Waals surface area contributed by atoms with Gasteiger partial charge in [-0.25, -0.2) is 8.78 Å². The van der Waals surface area contributed by atoms with Gasteiger partial charge in [-0.05, 0) is 6.42 Å². The van der Waals surface area contributed by atoms with Crippen LogP contribution in [0.5, 0.6) is 0 Å². The van der Waals surface area contributed by atoms with E-state index in [1.54, 1.807) is 22.8 Å². The molecule has 0 aromatic carbocycles. The standard InChI is InChI=1S/C15H22F2N4O2/c1-19-9-12(8-18-19)13(22)21-7-2-14(23,11-21)10-20-5-3-15(16,17)4-6-20/h8-9,23H,2-7,10-11H2,1H3. The highest BCUT2D eigenvalue weighted by Gasteiger charge is 2.42. The number of aryl methyl sites for hydroxylation is 1. The van der Waals surface area contributed by atoms with Crippen molar-refractivity contribution in [3.63, 3.8) is 0 Å². The highest BCUT2D eigenvalue weighted by molar-refractivity contribution is 5.94. The number of rotatable bonds is 3. The number of hydrogen-bond acceptors (Lipinski definition) is 4. The summed E-state index contributed by atoms with van der Waals surface area (Å²) >= 11 is 0. The van der Waals surface area contributed by atoms with Crippen molar-refractivity contribution in [3.8, 4) is 0 Å². The molecular weight excluding hydrogens is 306 g/mol. The van der Waals surface area contributed by atoms with Crippen LogP contribution in [-0.4, -0.2) is 74.8 Å². The number of β-amino-alcohol motifs (C(OH)–C–C–N with tert-alkyl or cyclic N) is 1. The minimum Gasteiger partial charge on any atom is -0.387 e. The first-order valence-electron chi connectivity index (χ1n) is 7.87. The highest BCUT2D eigenvalue weighted by atomic mass is 19.3. The number of carbonyl (C=O) groups excluding carboxylic acids is 1. The van der Waals surface area contributed by atoms with Crippen LogP contribution in [0.4, 0.5) is 8.78 Å². The molecule has 1 amide bonds. The molecule has 0 radical (unpaired) electrons. The van der Waals surface area contributed by atoms with Crippen molar-refractivity contribution in [2.45, 2.75) is 30.8 Å². The lowest BCUT2D eigenvalue weighted by Crippen LogP contribution is -2.49. The SMILES string of the molecule is Cn1cc(C(=O)N2CCC(O)(CN3CCC(F)(F)CC3)C2)cn1. The number of likely N-dealkylation sites (tertiary alicyclic amines) is 2. The second kappa shape index (κ2) is 5.83. The molecule has 8 heteroatoms. The summed E-state index contributed by atoms with van der Waals surface area (Å²) in [5, 5.41) is 14.7. The van der Waals surface area contributed by atoms with E-state index in [2.05, 4.69) is 5.10 Å². The Balaban J connectivity index is 1.57. The molecule has 128 valence electrons. The van der Waals surface area contributed by atoms with Gasteiger partial charge in [-0.3, -0.25) is 14.4 Å². The van der Waals surface area contributed by atoms with Crippen LogP contribution in [0.15, 0.2) is 12.4 Å². The zero-order valence-electron chi connectivity index (χ0n) is 13.2. The molecule has 0 aliphatic carbocycles. The first-order valence-corrected chi connectivity index (χ1v) is 7.87. The Labute approximate surface area is 133 Å². The van der Waals surface area contributed by atoms with Crippen molar-refractivity contribution < 1.29 is 18.7 Å². The zero-order chi connectivity index (χ0) is 16.7. The van der Waals surface area contributed by atoms with Crippen molar-refractivity contribution in [1.82, 2.24) is 19.6 Å². The van der Waals surface area contributed by atoms with Gasteiger partial charge < -0.3 is 10.0 Å². The molecule has 2 aliphatic heterocycles. The average molecular weight is 328 g/mol. The summed E-state index contributed by atoms with van der Waals surface area (Å²) in [6.07, 6.45) is 3.29. The number of carbonyl (C=O) groups is 1. The largest absolute Gasteiger partial charge is 0.387 e. The number of alkyl halides is 2. The van der Waals surface area contributed by atoms with Gasteiger partial charge in [0.2, 0.25) is 0 Å².